The van der Waals surface area contributed by atoms with Crippen LogP contribution < -0.4 is 0 Å². The van der Waals surface area contributed by atoms with Crippen molar-refractivity contribution < 1.29 is 0 Å². The van der Waals surface area contributed by atoms with Gasteiger partial charge in [-0.15, -0.1) is 0 Å². The van der Waals surface area contributed by atoms with Crippen LogP contribution in [0.5, 0.6) is 0 Å². The maximum absolute atomic E-state index is 10.7. The molecule has 0 aliphatic heterocycles. The molecular weight excluding hydrogens is 647 g/mol. The van der Waals surface area contributed by atoms with Crippen LogP contribution >= 0.6 is 0 Å². The molecule has 9 rings (SSSR count). The predicted octanol–water partition coefficient (Wildman–Crippen LogP) is 12.3. The molecule has 0 N–H and O–H groups in total. The number of nitrogens with zero attached hydrogens (tertiary/aromatic N) is 5. The SMILES string of the molecule is [C-]#[N+]c1cc(-n2c3ccccc3c3ccccc32)c(C#N)cc1-c1cc(C#N)c(-c2c3ccccc3c(-c3ccccc3)c3ccccc23)cc1C#N. The molecule has 1 aromatic heterocycles. The van der Waals surface area contributed by atoms with Gasteiger partial charge in [0.2, 0.25) is 0 Å². The van der Waals surface area contributed by atoms with Gasteiger partial charge in [0, 0.05) is 16.3 Å². The summed E-state index contributed by atoms with van der Waals surface area (Å²) in [5.41, 5.74) is 8.24. The smallest absolute Gasteiger partial charge is 0.197 e. The summed E-state index contributed by atoms with van der Waals surface area (Å²) in [4.78, 5) is 3.92. The molecule has 53 heavy (non-hydrogen) atoms. The zero-order valence-electron chi connectivity index (χ0n) is 28.2. The molecular formula is C48H25N5. The molecule has 5 heteroatoms. The Hall–Kier alpha value is -7.96. The largest absolute Gasteiger partial charge is 0.309 e. The van der Waals surface area contributed by atoms with E-state index in [2.05, 4.69) is 71.6 Å². The molecule has 0 fully saturated rings. The van der Waals surface area contributed by atoms with Gasteiger partial charge in [0.1, 0.15) is 6.07 Å². The maximum atomic E-state index is 10.7. The lowest BCUT2D eigenvalue weighted by atomic mass is 9.83. The summed E-state index contributed by atoms with van der Waals surface area (Å²) in [6.07, 6.45) is 0. The first kappa shape index (κ1) is 31.1. The van der Waals surface area contributed by atoms with Crippen LogP contribution in [0.3, 0.4) is 0 Å². The van der Waals surface area contributed by atoms with E-state index in [0.717, 1.165) is 60.0 Å². The molecule has 0 spiro atoms. The molecule has 0 unspecified atom stereocenters. The first-order valence-electron chi connectivity index (χ1n) is 17.1. The highest BCUT2D eigenvalue weighted by Crippen LogP contribution is 2.46. The molecule has 5 nitrogen and oxygen atoms in total. The monoisotopic (exact) mass is 671 g/mol. The lowest BCUT2D eigenvalue weighted by Crippen LogP contribution is -1.99. The van der Waals surface area contributed by atoms with Gasteiger partial charge in [-0.05, 0) is 85.8 Å². The molecule has 8 aromatic carbocycles. The average Bonchev–Trinajstić information content (AvgIpc) is 3.56. The number of fused-ring (bicyclic) bond motifs is 5. The van der Waals surface area contributed by atoms with Crippen LogP contribution in [0.15, 0.2) is 152 Å². The molecule has 0 aliphatic carbocycles. The van der Waals surface area contributed by atoms with Gasteiger partial charge in [0.05, 0.1) is 52.1 Å². The van der Waals surface area contributed by atoms with Crippen molar-refractivity contribution in [2.24, 2.45) is 0 Å². The van der Waals surface area contributed by atoms with E-state index < -0.39 is 0 Å². The highest BCUT2D eigenvalue weighted by atomic mass is 15.0. The highest BCUT2D eigenvalue weighted by molar-refractivity contribution is 6.22. The number of hydrogen-bond donors (Lipinski definition) is 0. The van der Waals surface area contributed by atoms with E-state index in [9.17, 15) is 15.8 Å². The highest BCUT2D eigenvalue weighted by Gasteiger charge is 2.23. The van der Waals surface area contributed by atoms with Crippen molar-refractivity contribution in [3.8, 4) is 57.3 Å². The van der Waals surface area contributed by atoms with E-state index in [1.165, 1.54) is 0 Å². The second-order valence-electron chi connectivity index (χ2n) is 12.9. The number of rotatable bonds is 4. The van der Waals surface area contributed by atoms with Crippen molar-refractivity contribution >= 4 is 49.0 Å². The zero-order chi connectivity index (χ0) is 36.1. The van der Waals surface area contributed by atoms with E-state index in [0.29, 0.717) is 39.1 Å². The molecule has 1 heterocycles. The Morgan fingerprint density at radius 3 is 1.40 bits per heavy atom. The van der Waals surface area contributed by atoms with Crippen LogP contribution in [0.4, 0.5) is 5.69 Å². The molecule has 0 saturated heterocycles. The Morgan fingerprint density at radius 2 is 0.868 bits per heavy atom. The third kappa shape index (κ3) is 4.75. The van der Waals surface area contributed by atoms with Crippen molar-refractivity contribution in [1.29, 1.82) is 15.8 Å². The average molecular weight is 672 g/mol. The quantitative estimate of drug-likeness (QED) is 0.138. The number of aromatic nitrogens is 1. The Labute approximate surface area is 305 Å². The molecule has 242 valence electrons. The normalized spacial score (nSPS) is 10.9. The minimum Gasteiger partial charge on any atom is -0.309 e. The van der Waals surface area contributed by atoms with Gasteiger partial charge in [-0.25, -0.2) is 4.85 Å². The summed E-state index contributed by atoms with van der Waals surface area (Å²) in [5, 5.41) is 38.1. The second-order valence-corrected chi connectivity index (χ2v) is 12.9. The van der Waals surface area contributed by atoms with Crippen molar-refractivity contribution in [3.63, 3.8) is 0 Å². The third-order valence-corrected chi connectivity index (χ3v) is 10.1. The van der Waals surface area contributed by atoms with Crippen LogP contribution in [-0.2, 0) is 0 Å². The van der Waals surface area contributed by atoms with Crippen LogP contribution in [0.25, 0.3) is 87.3 Å². The number of nitriles is 3. The first-order valence-corrected chi connectivity index (χ1v) is 17.1. The van der Waals surface area contributed by atoms with E-state index in [1.54, 1.807) is 24.3 Å². The molecule has 9 aromatic rings. The van der Waals surface area contributed by atoms with Gasteiger partial charge in [-0.3, -0.25) is 0 Å². The zero-order valence-corrected chi connectivity index (χ0v) is 28.2. The van der Waals surface area contributed by atoms with Gasteiger partial charge in [-0.2, -0.15) is 15.8 Å². The maximum Gasteiger partial charge on any atom is 0.197 e. The lowest BCUT2D eigenvalue weighted by molar-refractivity contribution is 1.17. The summed E-state index contributed by atoms with van der Waals surface area (Å²) in [6, 6.07) is 56.7. The van der Waals surface area contributed by atoms with E-state index in [1.807, 2.05) is 83.4 Å². The molecule has 0 radical (unpaired) electrons. The van der Waals surface area contributed by atoms with E-state index in [-0.39, 0.29) is 5.69 Å². The second kappa shape index (κ2) is 12.4. The van der Waals surface area contributed by atoms with Crippen LogP contribution in [0.2, 0.25) is 0 Å². The lowest BCUT2D eigenvalue weighted by Gasteiger charge is -2.19. The van der Waals surface area contributed by atoms with E-state index >= 15 is 0 Å². The van der Waals surface area contributed by atoms with Gasteiger partial charge in [0.25, 0.3) is 0 Å². The number of hydrogen-bond acceptors (Lipinski definition) is 3. The topological polar surface area (TPSA) is 80.7 Å². The minimum absolute atomic E-state index is 0.275. The summed E-state index contributed by atoms with van der Waals surface area (Å²) >= 11 is 0. The summed E-state index contributed by atoms with van der Waals surface area (Å²) < 4.78 is 2.02. The summed E-state index contributed by atoms with van der Waals surface area (Å²) in [6.45, 7) is 8.27. The molecule has 0 aliphatic rings. The van der Waals surface area contributed by atoms with Crippen molar-refractivity contribution in [2.75, 3.05) is 0 Å². The van der Waals surface area contributed by atoms with Gasteiger partial charge in [-0.1, -0.05) is 115 Å². The molecule has 0 saturated carbocycles. The van der Waals surface area contributed by atoms with Gasteiger partial charge < -0.3 is 4.57 Å². The molecule has 0 bridgehead atoms. The molecule has 0 atom stereocenters. The van der Waals surface area contributed by atoms with Gasteiger partial charge in [0.15, 0.2) is 5.69 Å². The fourth-order valence-corrected chi connectivity index (χ4v) is 7.89. The minimum atomic E-state index is 0.275. The first-order chi connectivity index (χ1) is 26.1. The van der Waals surface area contributed by atoms with Crippen molar-refractivity contribution in [2.45, 2.75) is 0 Å². The van der Waals surface area contributed by atoms with Crippen LogP contribution in [0.1, 0.15) is 16.7 Å². The fraction of sp³-hybridized carbons (Fsp3) is 0. The third-order valence-electron chi connectivity index (χ3n) is 10.1. The Bertz CT molecular complexity index is 3050. The van der Waals surface area contributed by atoms with Crippen molar-refractivity contribution in [1.82, 2.24) is 4.57 Å². The van der Waals surface area contributed by atoms with Crippen LogP contribution in [0, 0.1) is 40.6 Å². The standard InChI is InChI=1S/C48H25N5/c1-52-43-26-46(53-44-21-11-9-15-34(44)35-16-10-12-22-45(35)53)33(29-51)25-42(43)40-23-32(28-50)41(24-31(40)27-49)48-38-19-7-5-17-36(38)47(30-13-3-2-4-14-30)37-18-6-8-20-39(37)48/h2-26H. The van der Waals surface area contributed by atoms with E-state index in [4.69, 9.17) is 6.57 Å². The fourth-order valence-electron chi connectivity index (χ4n) is 7.89. The Balaban J connectivity index is 1.30. The van der Waals surface area contributed by atoms with Crippen molar-refractivity contribution in [3.05, 3.63) is 180 Å². The molecule has 0 amide bonds. The Morgan fingerprint density at radius 1 is 0.434 bits per heavy atom. The summed E-state index contributed by atoms with van der Waals surface area (Å²) in [5.74, 6) is 0. The Kier molecular flexibility index (Phi) is 7.28. The van der Waals surface area contributed by atoms with Gasteiger partial charge >= 0.3 is 0 Å². The predicted molar refractivity (Wildman–Crippen MR) is 213 cm³/mol. The number of benzene rings is 8. The summed E-state index contributed by atoms with van der Waals surface area (Å²) in [7, 11) is 0. The number of para-hydroxylation sites is 2. The van der Waals surface area contributed by atoms with Crippen LogP contribution in [-0.4, -0.2) is 4.57 Å².